The van der Waals surface area contributed by atoms with Crippen molar-refractivity contribution in [2.45, 2.75) is 39.8 Å². The molecule has 1 saturated heterocycles. The molecule has 0 bridgehead atoms. The number of aryl methyl sites for hydroxylation is 2. The molecule has 2 N–H and O–H groups in total. The lowest BCUT2D eigenvalue weighted by Gasteiger charge is -2.31. The zero-order valence-corrected chi connectivity index (χ0v) is 14.6. The monoisotopic (exact) mass is 394 g/mol. The van der Waals surface area contributed by atoms with Gasteiger partial charge in [0, 0.05) is 19.5 Å². The van der Waals surface area contributed by atoms with Crippen molar-refractivity contribution in [3.05, 3.63) is 17.3 Å². The van der Waals surface area contributed by atoms with Crippen molar-refractivity contribution in [2.24, 2.45) is 10.7 Å². The highest BCUT2D eigenvalue weighted by Gasteiger charge is 2.18. The van der Waals surface area contributed by atoms with E-state index in [2.05, 4.69) is 9.98 Å². The van der Waals surface area contributed by atoms with Crippen LogP contribution in [0.2, 0.25) is 0 Å². The first kappa shape index (κ1) is 17.2. The quantitative estimate of drug-likeness (QED) is 0.480. The Bertz CT molecular complexity index is 461. The molecule has 6 nitrogen and oxygen atoms in total. The molecule has 114 valence electrons. The van der Waals surface area contributed by atoms with E-state index < -0.39 is 0 Å². The molecule has 0 radical (unpaired) electrons. The minimum absolute atomic E-state index is 0. The summed E-state index contributed by atoms with van der Waals surface area (Å²) >= 11 is 0. The van der Waals surface area contributed by atoms with Crippen LogP contribution in [0.1, 0.15) is 31.2 Å². The molecule has 1 aromatic rings. The summed E-state index contributed by atoms with van der Waals surface area (Å²) in [5.41, 5.74) is 6.90. The molecule has 0 amide bonds. The van der Waals surface area contributed by atoms with Gasteiger partial charge >= 0.3 is 0 Å². The zero-order chi connectivity index (χ0) is 13.8. The summed E-state index contributed by atoms with van der Waals surface area (Å²) < 4.78 is 11.1. The zero-order valence-electron chi connectivity index (χ0n) is 12.3. The van der Waals surface area contributed by atoms with Gasteiger partial charge in [-0.1, -0.05) is 6.92 Å². The molecule has 20 heavy (non-hydrogen) atoms. The van der Waals surface area contributed by atoms with Crippen molar-refractivity contribution in [3.63, 3.8) is 0 Å². The normalized spacial score (nSPS) is 19.9. The maximum atomic E-state index is 6.01. The van der Waals surface area contributed by atoms with Gasteiger partial charge < -0.3 is 19.8 Å². The fourth-order valence-electron chi connectivity index (χ4n) is 2.07. The van der Waals surface area contributed by atoms with Crippen molar-refractivity contribution < 1.29 is 9.15 Å². The van der Waals surface area contributed by atoms with Crippen LogP contribution in [-0.4, -0.2) is 41.6 Å². The highest BCUT2D eigenvalue weighted by molar-refractivity contribution is 14.0. The van der Waals surface area contributed by atoms with Crippen molar-refractivity contribution in [1.82, 2.24) is 9.88 Å². The lowest BCUT2D eigenvalue weighted by atomic mass is 10.3. The lowest BCUT2D eigenvalue weighted by molar-refractivity contribution is 0.00528. The highest BCUT2D eigenvalue weighted by atomic mass is 127. The fraction of sp³-hybridized carbons (Fsp3) is 0.692. The van der Waals surface area contributed by atoms with Gasteiger partial charge in [0.2, 0.25) is 0 Å². The third-order valence-electron chi connectivity index (χ3n) is 3.19. The molecular formula is C13H23IN4O2. The molecule has 0 saturated carbocycles. The van der Waals surface area contributed by atoms with Crippen molar-refractivity contribution in [1.29, 1.82) is 0 Å². The van der Waals surface area contributed by atoms with Gasteiger partial charge in [-0.15, -0.1) is 24.0 Å². The molecule has 1 aliphatic rings. The van der Waals surface area contributed by atoms with E-state index in [1.807, 2.05) is 25.7 Å². The Morgan fingerprint density at radius 3 is 2.90 bits per heavy atom. The number of ether oxygens (including phenoxy) is 1. The van der Waals surface area contributed by atoms with Crippen molar-refractivity contribution in [2.75, 3.05) is 19.7 Å². The van der Waals surface area contributed by atoms with Crippen LogP contribution in [0.3, 0.4) is 0 Å². The van der Waals surface area contributed by atoms with Crippen LogP contribution in [0.5, 0.6) is 0 Å². The standard InChI is InChI=1S/C13H22N4O2.HI/c1-4-12-16-10(3)11(19-12)7-15-13(14)17-5-6-18-9(2)8-17;/h9H,4-8H2,1-3H3,(H2,14,15);1H. The summed E-state index contributed by atoms with van der Waals surface area (Å²) in [5, 5.41) is 0. The Labute approximate surface area is 136 Å². The molecule has 0 aliphatic carbocycles. The Hall–Kier alpha value is -0.830. The maximum Gasteiger partial charge on any atom is 0.194 e. The number of aromatic nitrogens is 1. The van der Waals surface area contributed by atoms with Crippen LogP contribution in [0.15, 0.2) is 9.41 Å². The molecule has 1 fully saturated rings. The lowest BCUT2D eigenvalue weighted by Crippen LogP contribution is -2.47. The van der Waals surface area contributed by atoms with Gasteiger partial charge in [-0.05, 0) is 13.8 Å². The van der Waals surface area contributed by atoms with E-state index >= 15 is 0 Å². The van der Waals surface area contributed by atoms with Crippen LogP contribution >= 0.6 is 24.0 Å². The third-order valence-corrected chi connectivity index (χ3v) is 3.19. The molecule has 0 aromatic carbocycles. The van der Waals surface area contributed by atoms with Crippen LogP contribution in [0.4, 0.5) is 0 Å². The van der Waals surface area contributed by atoms with Gasteiger partial charge in [0.25, 0.3) is 0 Å². The summed E-state index contributed by atoms with van der Waals surface area (Å²) in [6.45, 7) is 8.69. The summed E-state index contributed by atoms with van der Waals surface area (Å²) in [5.74, 6) is 2.09. The Morgan fingerprint density at radius 2 is 2.30 bits per heavy atom. The van der Waals surface area contributed by atoms with Crippen LogP contribution in [-0.2, 0) is 17.7 Å². The smallest absolute Gasteiger partial charge is 0.194 e. The number of hydrogen-bond acceptors (Lipinski definition) is 4. The number of guanidine groups is 1. The van der Waals surface area contributed by atoms with Crippen LogP contribution in [0.25, 0.3) is 0 Å². The second-order valence-corrected chi connectivity index (χ2v) is 4.77. The summed E-state index contributed by atoms with van der Waals surface area (Å²) in [6, 6.07) is 0. The van der Waals surface area contributed by atoms with Gasteiger partial charge in [0.05, 0.1) is 18.4 Å². The number of hydrogen-bond donors (Lipinski definition) is 1. The second kappa shape index (κ2) is 7.82. The molecule has 2 heterocycles. The Kier molecular flexibility index (Phi) is 6.74. The van der Waals surface area contributed by atoms with E-state index in [0.29, 0.717) is 19.1 Å². The largest absolute Gasteiger partial charge is 0.443 e. The average molecular weight is 394 g/mol. The summed E-state index contributed by atoms with van der Waals surface area (Å²) in [7, 11) is 0. The van der Waals surface area contributed by atoms with Crippen molar-refractivity contribution in [3.8, 4) is 0 Å². The van der Waals surface area contributed by atoms with E-state index in [0.717, 1.165) is 36.9 Å². The van der Waals surface area contributed by atoms with E-state index in [4.69, 9.17) is 14.9 Å². The first-order valence-corrected chi connectivity index (χ1v) is 6.71. The average Bonchev–Trinajstić information content (AvgIpc) is 2.76. The predicted octanol–water partition coefficient (Wildman–Crippen LogP) is 1.70. The Balaban J connectivity index is 0.00000200. The molecule has 0 spiro atoms. The SMILES string of the molecule is CCc1nc(C)c(CN=C(N)N2CCOC(C)C2)o1.I. The molecule has 1 aliphatic heterocycles. The van der Waals surface area contributed by atoms with Gasteiger partial charge in [-0.25, -0.2) is 9.98 Å². The fourth-order valence-corrected chi connectivity index (χ4v) is 2.07. The highest BCUT2D eigenvalue weighted by Crippen LogP contribution is 2.12. The number of oxazole rings is 1. The first-order valence-electron chi connectivity index (χ1n) is 6.71. The van der Waals surface area contributed by atoms with Crippen LogP contribution in [0, 0.1) is 6.92 Å². The second-order valence-electron chi connectivity index (χ2n) is 4.77. The maximum absolute atomic E-state index is 6.01. The summed E-state index contributed by atoms with van der Waals surface area (Å²) in [4.78, 5) is 10.8. The van der Waals surface area contributed by atoms with Gasteiger partial charge in [-0.3, -0.25) is 0 Å². The molecule has 1 aromatic heterocycles. The van der Waals surface area contributed by atoms with E-state index in [1.165, 1.54) is 0 Å². The number of nitrogens with two attached hydrogens (primary N) is 1. The predicted molar refractivity (Wildman–Crippen MR) is 88.3 cm³/mol. The molecule has 1 atom stereocenters. The number of halogens is 1. The minimum Gasteiger partial charge on any atom is -0.443 e. The summed E-state index contributed by atoms with van der Waals surface area (Å²) in [6.07, 6.45) is 0.988. The molecule has 1 unspecified atom stereocenters. The van der Waals surface area contributed by atoms with E-state index in [9.17, 15) is 0 Å². The number of aliphatic imine (C=N–C) groups is 1. The van der Waals surface area contributed by atoms with Gasteiger partial charge in [0.1, 0.15) is 12.3 Å². The molecular weight excluding hydrogens is 371 g/mol. The van der Waals surface area contributed by atoms with Crippen LogP contribution < -0.4 is 5.73 Å². The van der Waals surface area contributed by atoms with E-state index in [1.54, 1.807) is 0 Å². The van der Waals surface area contributed by atoms with E-state index in [-0.39, 0.29) is 30.1 Å². The number of nitrogens with zero attached hydrogens (tertiary/aromatic N) is 3. The minimum atomic E-state index is 0. The third kappa shape index (κ3) is 4.34. The topological polar surface area (TPSA) is 76.9 Å². The molecule has 7 heteroatoms. The van der Waals surface area contributed by atoms with Crippen molar-refractivity contribution >= 4 is 29.9 Å². The molecule has 2 rings (SSSR count). The number of rotatable bonds is 3. The Morgan fingerprint density at radius 1 is 1.55 bits per heavy atom. The van der Waals surface area contributed by atoms with Gasteiger partial charge in [-0.2, -0.15) is 0 Å². The first-order chi connectivity index (χ1) is 9.10. The van der Waals surface area contributed by atoms with Gasteiger partial charge in [0.15, 0.2) is 11.9 Å². The number of morpholine rings is 1.